The highest BCUT2D eigenvalue weighted by Gasteiger charge is 2.39. The highest BCUT2D eigenvalue weighted by atomic mass is 19.4. The molecule has 0 unspecified atom stereocenters. The summed E-state index contributed by atoms with van der Waals surface area (Å²) in [5.41, 5.74) is -2.30. The van der Waals surface area contributed by atoms with E-state index in [0.717, 1.165) is 37.4 Å². The molecule has 0 saturated carbocycles. The van der Waals surface area contributed by atoms with Crippen molar-refractivity contribution in [1.29, 1.82) is 0 Å². The van der Waals surface area contributed by atoms with Crippen LogP contribution in [-0.4, -0.2) is 42.6 Å². The van der Waals surface area contributed by atoms with E-state index in [0.29, 0.717) is 19.0 Å². The van der Waals surface area contributed by atoms with Crippen molar-refractivity contribution in [2.24, 2.45) is 0 Å². The van der Waals surface area contributed by atoms with Gasteiger partial charge in [-0.05, 0) is 49.6 Å². The van der Waals surface area contributed by atoms with E-state index in [2.05, 4.69) is 26.8 Å². The van der Waals surface area contributed by atoms with Crippen molar-refractivity contribution < 1.29 is 35.9 Å². The Morgan fingerprint density at radius 3 is 2.38 bits per heavy atom. The summed E-state index contributed by atoms with van der Waals surface area (Å²) in [6.45, 7) is 3.92. The number of imidazole rings is 1. The summed E-state index contributed by atoms with van der Waals surface area (Å²) >= 11 is 0. The van der Waals surface area contributed by atoms with Crippen molar-refractivity contribution in [1.82, 2.24) is 24.3 Å². The third-order valence-electron chi connectivity index (χ3n) is 6.86. The zero-order valence-electron chi connectivity index (χ0n) is 21.7. The summed E-state index contributed by atoms with van der Waals surface area (Å²) in [5.74, 6) is -1.24. The maximum Gasteiger partial charge on any atom is 0.435 e. The number of anilines is 1. The minimum absolute atomic E-state index is 0.0194. The highest BCUT2D eigenvalue weighted by molar-refractivity contribution is 6.04. The molecule has 1 aromatic carbocycles. The molecule has 0 bridgehead atoms. The van der Waals surface area contributed by atoms with Crippen LogP contribution in [0.3, 0.4) is 0 Å². The van der Waals surface area contributed by atoms with E-state index in [1.54, 1.807) is 0 Å². The lowest BCUT2D eigenvalue weighted by Gasteiger charge is -2.34. The molecule has 1 N–H and O–H groups in total. The van der Waals surface area contributed by atoms with Gasteiger partial charge in [0.05, 0.1) is 17.3 Å². The Morgan fingerprint density at radius 2 is 1.71 bits per heavy atom. The summed E-state index contributed by atoms with van der Waals surface area (Å²) < 4.78 is 82.6. The molecule has 42 heavy (non-hydrogen) atoms. The first-order chi connectivity index (χ1) is 19.9. The third-order valence-corrected chi connectivity index (χ3v) is 6.86. The predicted octanol–water partition coefficient (Wildman–Crippen LogP) is 6.32. The zero-order valence-corrected chi connectivity index (χ0v) is 21.7. The summed E-state index contributed by atoms with van der Waals surface area (Å²) in [6, 6.07) is 6.20. The van der Waals surface area contributed by atoms with Crippen LogP contribution in [0, 0.1) is 0 Å². The molecule has 8 nitrogen and oxygen atoms in total. The molecule has 4 aromatic rings. The van der Waals surface area contributed by atoms with Crippen molar-refractivity contribution >= 4 is 23.1 Å². The van der Waals surface area contributed by atoms with Gasteiger partial charge in [0.1, 0.15) is 17.2 Å². The number of halogens is 6. The normalized spacial score (nSPS) is 16.0. The summed E-state index contributed by atoms with van der Waals surface area (Å²) in [7, 11) is 0. The topological polar surface area (TPSA) is 92.5 Å². The fourth-order valence-electron chi connectivity index (χ4n) is 4.93. The minimum Gasteiger partial charge on any atom is -0.329 e. The molecule has 218 valence electrons. The van der Waals surface area contributed by atoms with E-state index in [1.165, 1.54) is 39.8 Å². The number of carbonyl (C=O) groups excluding carboxylic acids is 2. The molecule has 5 rings (SSSR count). The van der Waals surface area contributed by atoms with Crippen LogP contribution in [-0.2, 0) is 17.1 Å². The monoisotopic (exact) mass is 588 g/mol. The molecule has 4 heterocycles. The molecule has 1 fully saturated rings. The predicted molar refractivity (Wildman–Crippen MR) is 139 cm³/mol. The standard InChI is InChI=1S/C28H22F6N6O2/c1-2-21(41)39-13-4-3-5-19(39)25-38-22(23-24(28(32,33)34)36-12-14-40(23)25)16-6-8-17(9-7-16)26(42)37-20-15-18(10-11-35-20)27(29,30)31/h2,6-12,14-15,19H,1,3-5,13H2,(H,35,37,42)/t19-/m0/s1. The van der Waals surface area contributed by atoms with E-state index in [-0.39, 0.29) is 39.9 Å². The van der Waals surface area contributed by atoms with Gasteiger partial charge in [0, 0.05) is 36.3 Å². The number of amides is 2. The molecule has 0 aliphatic carbocycles. The van der Waals surface area contributed by atoms with Gasteiger partial charge in [0.15, 0.2) is 5.69 Å². The average molecular weight is 589 g/mol. The number of benzene rings is 1. The molecule has 0 radical (unpaired) electrons. The van der Waals surface area contributed by atoms with E-state index >= 15 is 0 Å². The summed E-state index contributed by atoms with van der Waals surface area (Å²) in [5, 5.41) is 2.28. The van der Waals surface area contributed by atoms with Crippen LogP contribution < -0.4 is 5.32 Å². The Labute approximate surface area is 234 Å². The van der Waals surface area contributed by atoms with E-state index in [4.69, 9.17) is 0 Å². The smallest absolute Gasteiger partial charge is 0.329 e. The van der Waals surface area contributed by atoms with Crippen LogP contribution in [0.2, 0.25) is 0 Å². The number of aromatic nitrogens is 4. The van der Waals surface area contributed by atoms with Gasteiger partial charge in [0.25, 0.3) is 5.91 Å². The fourth-order valence-corrected chi connectivity index (χ4v) is 4.93. The SMILES string of the molecule is C=CC(=O)N1CCCC[C@H]1c1nc(-c2ccc(C(=O)Nc3cc(C(F)(F)F)ccn3)cc2)c2c(C(F)(F)F)nccn12. The van der Waals surface area contributed by atoms with Crippen molar-refractivity contribution in [3.05, 3.63) is 90.3 Å². The van der Waals surface area contributed by atoms with Gasteiger partial charge in [-0.3, -0.25) is 14.0 Å². The van der Waals surface area contributed by atoms with Gasteiger partial charge in [0.2, 0.25) is 5.91 Å². The Balaban J connectivity index is 1.54. The summed E-state index contributed by atoms with van der Waals surface area (Å²) in [4.78, 5) is 38.7. The second-order valence-electron chi connectivity index (χ2n) is 9.52. The highest BCUT2D eigenvalue weighted by Crippen LogP contribution is 2.39. The third kappa shape index (κ3) is 5.56. The number of piperidine rings is 1. The molecule has 1 saturated heterocycles. The lowest BCUT2D eigenvalue weighted by atomic mass is 10.0. The van der Waals surface area contributed by atoms with Gasteiger partial charge < -0.3 is 10.2 Å². The lowest BCUT2D eigenvalue weighted by Crippen LogP contribution is -2.38. The molecule has 14 heteroatoms. The second kappa shape index (κ2) is 10.9. The number of likely N-dealkylation sites (tertiary alicyclic amines) is 1. The molecular weight excluding hydrogens is 566 g/mol. The number of nitrogens with zero attached hydrogens (tertiary/aromatic N) is 5. The van der Waals surface area contributed by atoms with Gasteiger partial charge >= 0.3 is 12.4 Å². The first-order valence-corrected chi connectivity index (χ1v) is 12.7. The first-order valence-electron chi connectivity index (χ1n) is 12.7. The van der Waals surface area contributed by atoms with Gasteiger partial charge in [-0.2, -0.15) is 26.3 Å². The van der Waals surface area contributed by atoms with E-state index in [1.807, 2.05) is 0 Å². The molecule has 0 spiro atoms. The molecule has 1 aliphatic rings. The van der Waals surface area contributed by atoms with Crippen LogP contribution in [0.5, 0.6) is 0 Å². The van der Waals surface area contributed by atoms with Crippen molar-refractivity contribution in [3.63, 3.8) is 0 Å². The average Bonchev–Trinajstić information content (AvgIpc) is 3.35. The Morgan fingerprint density at radius 1 is 0.976 bits per heavy atom. The molecular formula is C28H22F6N6O2. The number of alkyl halides is 6. The number of hydrogen-bond acceptors (Lipinski definition) is 5. The van der Waals surface area contributed by atoms with Crippen LogP contribution >= 0.6 is 0 Å². The van der Waals surface area contributed by atoms with E-state index in [9.17, 15) is 35.9 Å². The first kappa shape index (κ1) is 28.8. The quantitative estimate of drug-likeness (QED) is 0.218. The Kier molecular flexibility index (Phi) is 7.47. The lowest BCUT2D eigenvalue weighted by molar-refractivity contribution is -0.140. The number of carbonyl (C=O) groups is 2. The van der Waals surface area contributed by atoms with Gasteiger partial charge in [-0.15, -0.1) is 0 Å². The van der Waals surface area contributed by atoms with Crippen LogP contribution in [0.15, 0.2) is 67.6 Å². The fraction of sp³-hybridized carbons (Fsp3) is 0.250. The van der Waals surface area contributed by atoms with Crippen molar-refractivity contribution in [3.8, 4) is 11.3 Å². The Bertz CT molecular complexity index is 1660. The number of fused-ring (bicyclic) bond motifs is 1. The molecule has 1 aliphatic heterocycles. The van der Waals surface area contributed by atoms with Crippen LogP contribution in [0.4, 0.5) is 32.2 Å². The largest absolute Gasteiger partial charge is 0.435 e. The van der Waals surface area contributed by atoms with E-state index < -0.39 is 35.6 Å². The Hall–Kier alpha value is -4.75. The van der Waals surface area contributed by atoms with Crippen molar-refractivity contribution in [2.75, 3.05) is 11.9 Å². The minimum atomic E-state index is -4.82. The van der Waals surface area contributed by atoms with Gasteiger partial charge in [-0.25, -0.2) is 15.0 Å². The maximum atomic E-state index is 14.1. The molecule has 1 atom stereocenters. The zero-order chi connectivity index (χ0) is 30.2. The van der Waals surface area contributed by atoms with Crippen LogP contribution in [0.25, 0.3) is 16.8 Å². The van der Waals surface area contributed by atoms with Gasteiger partial charge in [-0.1, -0.05) is 18.7 Å². The summed E-state index contributed by atoms with van der Waals surface area (Å²) in [6.07, 6.45) is -3.09. The second-order valence-corrected chi connectivity index (χ2v) is 9.52. The number of hydrogen-bond donors (Lipinski definition) is 1. The number of rotatable bonds is 5. The number of nitrogens with one attached hydrogen (secondary N) is 1. The molecule has 2 amide bonds. The molecule has 3 aromatic heterocycles. The van der Waals surface area contributed by atoms with Crippen LogP contribution in [0.1, 0.15) is 52.7 Å². The van der Waals surface area contributed by atoms with Crippen molar-refractivity contribution in [2.45, 2.75) is 37.7 Å². The number of pyridine rings is 1. The maximum absolute atomic E-state index is 14.1.